The van der Waals surface area contributed by atoms with Crippen LogP contribution in [0.4, 0.5) is 0 Å². The summed E-state index contributed by atoms with van der Waals surface area (Å²) in [6, 6.07) is 2.73. The third-order valence-corrected chi connectivity index (χ3v) is 4.45. The number of hydrogen-bond donors (Lipinski definition) is 2. The number of nitrogens with one attached hydrogen (secondary N) is 1. The van der Waals surface area contributed by atoms with Gasteiger partial charge in [-0.3, -0.25) is 4.79 Å². The highest BCUT2D eigenvalue weighted by Crippen LogP contribution is 2.18. The molecular weight excluding hydrogens is 232 g/mol. The molecule has 0 atom stereocenters. The summed E-state index contributed by atoms with van der Waals surface area (Å²) >= 11 is 1.66. The zero-order valence-electron chi connectivity index (χ0n) is 10.2. The first kappa shape index (κ1) is 12.6. The summed E-state index contributed by atoms with van der Waals surface area (Å²) in [5.41, 5.74) is 7.06. The van der Waals surface area contributed by atoms with Crippen molar-refractivity contribution in [3.05, 3.63) is 21.9 Å². The fourth-order valence-electron chi connectivity index (χ4n) is 2.27. The Hall–Kier alpha value is -0.870. The zero-order valence-corrected chi connectivity index (χ0v) is 11.1. The Labute approximate surface area is 106 Å². The number of aryl methyl sites for hydroxylation is 1. The minimum atomic E-state index is 0.149. The Kier molecular flexibility index (Phi) is 4.18. The summed E-state index contributed by atoms with van der Waals surface area (Å²) in [6.45, 7) is 2.05. The average Bonchev–Trinajstić information content (AvgIpc) is 2.68. The van der Waals surface area contributed by atoms with Crippen LogP contribution in [0.25, 0.3) is 0 Å². The SMILES string of the molecule is Cc1ccsc1CC(=O)NC1CCC(N)CC1. The molecule has 1 amide bonds. The molecule has 0 saturated heterocycles. The lowest BCUT2D eigenvalue weighted by Crippen LogP contribution is -2.41. The van der Waals surface area contributed by atoms with Crippen molar-refractivity contribution in [1.29, 1.82) is 0 Å². The van der Waals surface area contributed by atoms with E-state index in [0.29, 0.717) is 18.5 Å². The van der Waals surface area contributed by atoms with E-state index in [1.165, 1.54) is 10.4 Å². The quantitative estimate of drug-likeness (QED) is 0.864. The van der Waals surface area contributed by atoms with Crippen molar-refractivity contribution < 1.29 is 4.79 Å². The van der Waals surface area contributed by atoms with Crippen molar-refractivity contribution in [2.75, 3.05) is 0 Å². The van der Waals surface area contributed by atoms with E-state index in [2.05, 4.69) is 18.3 Å². The lowest BCUT2D eigenvalue weighted by atomic mass is 9.92. The van der Waals surface area contributed by atoms with E-state index in [-0.39, 0.29) is 5.91 Å². The Balaban J connectivity index is 1.80. The number of hydrogen-bond acceptors (Lipinski definition) is 3. The Bertz CT molecular complexity index is 381. The summed E-state index contributed by atoms with van der Waals surface area (Å²) in [7, 11) is 0. The fourth-order valence-corrected chi connectivity index (χ4v) is 3.18. The van der Waals surface area contributed by atoms with Gasteiger partial charge in [-0.1, -0.05) is 0 Å². The van der Waals surface area contributed by atoms with Crippen molar-refractivity contribution >= 4 is 17.2 Å². The van der Waals surface area contributed by atoms with Gasteiger partial charge in [-0.2, -0.15) is 0 Å². The van der Waals surface area contributed by atoms with E-state index >= 15 is 0 Å². The van der Waals surface area contributed by atoms with E-state index in [1.807, 2.05) is 5.38 Å². The van der Waals surface area contributed by atoms with Crippen molar-refractivity contribution in [1.82, 2.24) is 5.32 Å². The van der Waals surface area contributed by atoms with Crippen molar-refractivity contribution in [3.63, 3.8) is 0 Å². The van der Waals surface area contributed by atoms with E-state index < -0.39 is 0 Å². The van der Waals surface area contributed by atoms with Gasteiger partial charge in [0, 0.05) is 17.0 Å². The van der Waals surface area contributed by atoms with Gasteiger partial charge in [0.05, 0.1) is 6.42 Å². The monoisotopic (exact) mass is 252 g/mol. The maximum atomic E-state index is 11.9. The standard InChI is InChI=1S/C13H20N2OS/c1-9-6-7-17-12(9)8-13(16)15-11-4-2-10(14)3-5-11/h6-7,10-11H,2-5,8,14H2,1H3,(H,15,16). The van der Waals surface area contributed by atoms with Crippen LogP contribution in [-0.4, -0.2) is 18.0 Å². The molecule has 2 rings (SSSR count). The predicted molar refractivity (Wildman–Crippen MR) is 71.1 cm³/mol. The molecule has 1 aliphatic carbocycles. The number of amides is 1. The molecule has 1 fully saturated rings. The number of carbonyl (C=O) groups excluding carboxylic acids is 1. The molecule has 0 spiro atoms. The molecule has 0 aromatic carbocycles. The lowest BCUT2D eigenvalue weighted by molar-refractivity contribution is -0.121. The molecule has 0 unspecified atom stereocenters. The van der Waals surface area contributed by atoms with E-state index in [1.54, 1.807) is 11.3 Å². The third kappa shape index (κ3) is 3.54. The van der Waals surface area contributed by atoms with E-state index in [0.717, 1.165) is 25.7 Å². The molecule has 3 nitrogen and oxygen atoms in total. The molecule has 0 radical (unpaired) electrons. The van der Waals surface area contributed by atoms with Crippen LogP contribution in [0.2, 0.25) is 0 Å². The van der Waals surface area contributed by atoms with Crippen LogP contribution in [0.15, 0.2) is 11.4 Å². The summed E-state index contributed by atoms with van der Waals surface area (Å²) in [5, 5.41) is 5.16. The molecule has 0 bridgehead atoms. The molecule has 1 aromatic heterocycles. The van der Waals surface area contributed by atoms with Crippen LogP contribution >= 0.6 is 11.3 Å². The highest BCUT2D eigenvalue weighted by molar-refractivity contribution is 7.10. The van der Waals surface area contributed by atoms with Crippen molar-refractivity contribution in [3.8, 4) is 0 Å². The molecule has 1 aliphatic rings. The van der Waals surface area contributed by atoms with Crippen LogP contribution in [0.1, 0.15) is 36.1 Å². The zero-order chi connectivity index (χ0) is 12.3. The first-order valence-corrected chi connectivity index (χ1v) is 7.11. The van der Waals surface area contributed by atoms with Gasteiger partial charge in [-0.05, 0) is 49.6 Å². The normalized spacial score (nSPS) is 24.6. The Morgan fingerprint density at radius 1 is 1.47 bits per heavy atom. The molecule has 4 heteroatoms. The number of carbonyl (C=O) groups is 1. The topological polar surface area (TPSA) is 55.1 Å². The van der Waals surface area contributed by atoms with E-state index in [9.17, 15) is 4.79 Å². The summed E-state index contributed by atoms with van der Waals surface area (Å²) < 4.78 is 0. The maximum Gasteiger partial charge on any atom is 0.225 e. The maximum absolute atomic E-state index is 11.9. The van der Waals surface area contributed by atoms with Gasteiger partial charge >= 0.3 is 0 Å². The van der Waals surface area contributed by atoms with Gasteiger partial charge < -0.3 is 11.1 Å². The molecule has 17 heavy (non-hydrogen) atoms. The summed E-state index contributed by atoms with van der Waals surface area (Å²) in [4.78, 5) is 13.1. The second kappa shape index (κ2) is 5.65. The molecular formula is C13H20N2OS. The summed E-state index contributed by atoms with van der Waals surface area (Å²) in [5.74, 6) is 0.149. The number of nitrogens with two attached hydrogens (primary N) is 1. The molecule has 94 valence electrons. The molecule has 1 heterocycles. The number of rotatable bonds is 3. The van der Waals surface area contributed by atoms with Crippen LogP contribution in [0.3, 0.4) is 0 Å². The highest BCUT2D eigenvalue weighted by Gasteiger charge is 2.20. The van der Waals surface area contributed by atoms with Crippen LogP contribution in [0, 0.1) is 6.92 Å². The first-order chi connectivity index (χ1) is 8.15. The van der Waals surface area contributed by atoms with Gasteiger partial charge in [0.2, 0.25) is 5.91 Å². The average molecular weight is 252 g/mol. The Morgan fingerprint density at radius 2 is 2.18 bits per heavy atom. The number of thiophene rings is 1. The fraction of sp³-hybridized carbons (Fsp3) is 0.615. The van der Waals surface area contributed by atoms with E-state index in [4.69, 9.17) is 5.73 Å². The van der Waals surface area contributed by atoms with Crippen molar-refractivity contribution in [2.45, 2.75) is 51.1 Å². The molecule has 1 saturated carbocycles. The second-order valence-electron chi connectivity index (χ2n) is 4.88. The van der Waals surface area contributed by atoms with Crippen LogP contribution in [-0.2, 0) is 11.2 Å². The largest absolute Gasteiger partial charge is 0.353 e. The molecule has 1 aromatic rings. The smallest absolute Gasteiger partial charge is 0.225 e. The minimum absolute atomic E-state index is 0.149. The predicted octanol–water partition coefficient (Wildman–Crippen LogP) is 1.99. The molecule has 0 aliphatic heterocycles. The Morgan fingerprint density at radius 3 is 2.76 bits per heavy atom. The second-order valence-corrected chi connectivity index (χ2v) is 5.88. The minimum Gasteiger partial charge on any atom is -0.353 e. The lowest BCUT2D eigenvalue weighted by Gasteiger charge is -2.26. The third-order valence-electron chi connectivity index (χ3n) is 3.43. The highest BCUT2D eigenvalue weighted by atomic mass is 32.1. The molecule has 3 N–H and O–H groups in total. The summed E-state index contributed by atoms with van der Waals surface area (Å²) in [6.07, 6.45) is 4.63. The van der Waals surface area contributed by atoms with Gasteiger partial charge in [0.15, 0.2) is 0 Å². The van der Waals surface area contributed by atoms with Crippen molar-refractivity contribution in [2.24, 2.45) is 5.73 Å². The van der Waals surface area contributed by atoms with Gasteiger partial charge in [-0.25, -0.2) is 0 Å². The van der Waals surface area contributed by atoms with Gasteiger partial charge in [0.1, 0.15) is 0 Å². The van der Waals surface area contributed by atoms with Gasteiger partial charge in [-0.15, -0.1) is 11.3 Å². The van der Waals surface area contributed by atoms with Gasteiger partial charge in [0.25, 0.3) is 0 Å². The van der Waals surface area contributed by atoms with Crippen LogP contribution in [0.5, 0.6) is 0 Å². The van der Waals surface area contributed by atoms with Crippen LogP contribution < -0.4 is 11.1 Å². The first-order valence-electron chi connectivity index (χ1n) is 6.23.